The number of aromatic nitrogens is 2. The summed E-state index contributed by atoms with van der Waals surface area (Å²) in [5.74, 6) is 0.881. The quantitative estimate of drug-likeness (QED) is 0.0858. The van der Waals surface area contributed by atoms with Crippen LogP contribution >= 0.6 is 0 Å². The number of aryl methyl sites for hydroxylation is 2. The highest BCUT2D eigenvalue weighted by atomic mass is 15.1. The molecule has 0 N–H and O–H groups in total. The average molecular weight is 490 g/mol. The Morgan fingerprint density at radius 2 is 0.971 bits per heavy atom. The summed E-state index contributed by atoms with van der Waals surface area (Å²) >= 11 is 0. The van der Waals surface area contributed by atoms with Crippen LogP contribution in [0.3, 0.4) is 0 Å². The number of nitrogens with zero attached hydrogens (tertiary/aromatic N) is 2. The lowest BCUT2D eigenvalue weighted by Gasteiger charge is -2.04. The summed E-state index contributed by atoms with van der Waals surface area (Å²) in [5, 5.41) is 0. The third-order valence-electron chi connectivity index (χ3n) is 7.71. The molecule has 1 heterocycles. The van der Waals surface area contributed by atoms with E-state index in [4.69, 9.17) is 0 Å². The summed E-state index contributed by atoms with van der Waals surface area (Å²) in [6.07, 6.45) is 41.3. The number of imidazole rings is 1. The number of hydrogen-bond acceptors (Lipinski definition) is 0. The van der Waals surface area contributed by atoms with Crippen LogP contribution in [0.5, 0.6) is 0 Å². The van der Waals surface area contributed by atoms with Crippen molar-refractivity contribution in [3.63, 3.8) is 0 Å². The van der Waals surface area contributed by atoms with E-state index in [2.05, 4.69) is 48.6 Å². The van der Waals surface area contributed by atoms with Crippen LogP contribution in [-0.4, -0.2) is 4.57 Å². The normalized spacial score (nSPS) is 11.7. The summed E-state index contributed by atoms with van der Waals surface area (Å²) in [4.78, 5) is 0. The minimum atomic E-state index is 0.881. The van der Waals surface area contributed by atoms with E-state index in [9.17, 15) is 0 Å². The maximum atomic E-state index is 2.40. The van der Waals surface area contributed by atoms with Gasteiger partial charge in [-0.2, -0.15) is 0 Å². The molecule has 35 heavy (non-hydrogen) atoms. The van der Waals surface area contributed by atoms with Crippen molar-refractivity contribution in [1.29, 1.82) is 0 Å². The SMILES string of the molecule is CCCCCCCCCCCCCCCCCn1cc[n+](CCCCCCCCCCC(C)C)c1. The van der Waals surface area contributed by atoms with Gasteiger partial charge in [0, 0.05) is 0 Å². The van der Waals surface area contributed by atoms with Gasteiger partial charge in [0.2, 0.25) is 6.33 Å². The van der Waals surface area contributed by atoms with Crippen LogP contribution < -0.4 is 4.57 Å². The monoisotopic (exact) mass is 490 g/mol. The standard InChI is InChI=1S/C33H65N2/c1-4-5-6-7-8-9-10-11-12-13-14-16-19-22-25-28-34-30-31-35(32-34)29-26-23-20-17-15-18-21-24-27-33(2)3/h30-33H,4-29H2,1-3H3/q+1. The van der Waals surface area contributed by atoms with Crippen molar-refractivity contribution in [2.45, 2.75) is 188 Å². The van der Waals surface area contributed by atoms with Crippen molar-refractivity contribution in [3.05, 3.63) is 18.7 Å². The van der Waals surface area contributed by atoms with Crippen molar-refractivity contribution < 1.29 is 4.57 Å². The molecule has 206 valence electrons. The molecule has 0 aliphatic rings. The third kappa shape index (κ3) is 22.2. The van der Waals surface area contributed by atoms with Gasteiger partial charge in [-0.25, -0.2) is 9.13 Å². The zero-order chi connectivity index (χ0) is 25.2. The Balaban J connectivity index is 1.82. The van der Waals surface area contributed by atoms with Gasteiger partial charge < -0.3 is 0 Å². The lowest BCUT2D eigenvalue weighted by atomic mass is 10.0. The molecule has 0 unspecified atom stereocenters. The summed E-state index contributed by atoms with van der Waals surface area (Å²) in [6.45, 7) is 9.37. The van der Waals surface area contributed by atoms with Crippen molar-refractivity contribution in [2.75, 3.05) is 0 Å². The molecular formula is C33H65N2+. The molecule has 0 aromatic carbocycles. The molecule has 0 fully saturated rings. The highest BCUT2D eigenvalue weighted by molar-refractivity contribution is 4.66. The van der Waals surface area contributed by atoms with Crippen molar-refractivity contribution in [2.24, 2.45) is 5.92 Å². The molecule has 0 atom stereocenters. The predicted octanol–water partition coefficient (Wildman–Crippen LogP) is 10.8. The first-order valence-electron chi connectivity index (χ1n) is 16.3. The lowest BCUT2D eigenvalue weighted by molar-refractivity contribution is -0.696. The third-order valence-corrected chi connectivity index (χ3v) is 7.71. The fraction of sp³-hybridized carbons (Fsp3) is 0.909. The van der Waals surface area contributed by atoms with Crippen molar-refractivity contribution in [1.82, 2.24) is 4.57 Å². The first-order chi connectivity index (χ1) is 17.2. The van der Waals surface area contributed by atoms with E-state index in [1.54, 1.807) is 0 Å². The number of rotatable bonds is 27. The van der Waals surface area contributed by atoms with Crippen LogP contribution in [0.25, 0.3) is 0 Å². The molecule has 0 bridgehead atoms. The van der Waals surface area contributed by atoms with Gasteiger partial charge in [0.25, 0.3) is 0 Å². The summed E-state index contributed by atoms with van der Waals surface area (Å²) in [6, 6.07) is 0. The zero-order valence-electron chi connectivity index (χ0n) is 24.6. The van der Waals surface area contributed by atoms with Gasteiger partial charge >= 0.3 is 0 Å². The Morgan fingerprint density at radius 1 is 0.543 bits per heavy atom. The largest absolute Gasteiger partial charge is 0.243 e. The molecule has 1 aromatic heterocycles. The van der Waals surface area contributed by atoms with E-state index in [1.165, 1.54) is 167 Å². The molecule has 0 spiro atoms. The Hall–Kier alpha value is -0.790. The molecule has 0 radical (unpaired) electrons. The summed E-state index contributed by atoms with van der Waals surface area (Å²) in [7, 11) is 0. The molecule has 1 aromatic rings. The van der Waals surface area contributed by atoms with Crippen LogP contribution in [-0.2, 0) is 13.1 Å². The maximum Gasteiger partial charge on any atom is 0.243 e. The van der Waals surface area contributed by atoms with E-state index >= 15 is 0 Å². The smallest absolute Gasteiger partial charge is 0.237 e. The van der Waals surface area contributed by atoms with Crippen LogP contribution in [0, 0.1) is 5.92 Å². The average Bonchev–Trinajstić information content (AvgIpc) is 3.30. The molecule has 0 aliphatic heterocycles. The number of hydrogen-bond donors (Lipinski definition) is 0. The van der Waals surface area contributed by atoms with Crippen LogP contribution in [0.15, 0.2) is 18.7 Å². The van der Waals surface area contributed by atoms with E-state index in [0.717, 1.165) is 5.92 Å². The van der Waals surface area contributed by atoms with Crippen molar-refractivity contribution >= 4 is 0 Å². The molecule has 0 saturated heterocycles. The second-order valence-electron chi connectivity index (χ2n) is 11.8. The molecular weight excluding hydrogens is 424 g/mol. The molecule has 0 amide bonds. The van der Waals surface area contributed by atoms with Crippen LogP contribution in [0.4, 0.5) is 0 Å². The Labute approximate surface area is 221 Å². The lowest BCUT2D eigenvalue weighted by Crippen LogP contribution is -2.30. The minimum absolute atomic E-state index is 0.881. The van der Waals surface area contributed by atoms with Gasteiger partial charge in [0.1, 0.15) is 12.4 Å². The van der Waals surface area contributed by atoms with E-state index in [1.807, 2.05) is 0 Å². The van der Waals surface area contributed by atoms with E-state index in [0.29, 0.717) is 0 Å². The first-order valence-corrected chi connectivity index (χ1v) is 16.3. The Morgan fingerprint density at radius 3 is 1.46 bits per heavy atom. The second-order valence-corrected chi connectivity index (χ2v) is 11.8. The van der Waals surface area contributed by atoms with E-state index < -0.39 is 0 Å². The second kappa shape index (κ2) is 24.9. The first kappa shape index (κ1) is 32.2. The van der Waals surface area contributed by atoms with Gasteiger partial charge in [-0.3, -0.25) is 0 Å². The predicted molar refractivity (Wildman–Crippen MR) is 156 cm³/mol. The number of unbranched alkanes of at least 4 members (excludes halogenated alkanes) is 21. The fourth-order valence-electron chi connectivity index (χ4n) is 5.28. The van der Waals surface area contributed by atoms with Crippen molar-refractivity contribution in [3.8, 4) is 0 Å². The highest BCUT2D eigenvalue weighted by Gasteiger charge is 2.04. The van der Waals surface area contributed by atoms with E-state index in [-0.39, 0.29) is 0 Å². The summed E-state index contributed by atoms with van der Waals surface area (Å²) in [5.41, 5.74) is 0. The molecule has 2 heteroatoms. The van der Waals surface area contributed by atoms with Crippen LogP contribution in [0.2, 0.25) is 0 Å². The van der Waals surface area contributed by atoms with Gasteiger partial charge in [-0.1, -0.05) is 149 Å². The van der Waals surface area contributed by atoms with Gasteiger partial charge in [0.15, 0.2) is 0 Å². The maximum absolute atomic E-state index is 2.40. The highest BCUT2D eigenvalue weighted by Crippen LogP contribution is 2.14. The molecule has 2 nitrogen and oxygen atoms in total. The van der Waals surface area contributed by atoms with Crippen LogP contribution in [0.1, 0.15) is 175 Å². The Bertz CT molecular complexity index is 533. The van der Waals surface area contributed by atoms with Gasteiger partial charge in [-0.15, -0.1) is 0 Å². The Kier molecular flexibility index (Phi) is 22.9. The molecule has 0 aliphatic carbocycles. The molecule has 1 rings (SSSR count). The topological polar surface area (TPSA) is 8.81 Å². The summed E-state index contributed by atoms with van der Waals surface area (Å²) < 4.78 is 4.80. The van der Waals surface area contributed by atoms with Gasteiger partial charge in [0.05, 0.1) is 13.1 Å². The van der Waals surface area contributed by atoms with Gasteiger partial charge in [-0.05, 0) is 31.6 Å². The fourth-order valence-corrected chi connectivity index (χ4v) is 5.28. The molecule has 0 saturated carbocycles. The zero-order valence-corrected chi connectivity index (χ0v) is 24.6. The minimum Gasteiger partial charge on any atom is -0.237 e.